The van der Waals surface area contributed by atoms with E-state index in [2.05, 4.69) is 25.9 Å². The number of aliphatic carboxylic acids is 2. The third-order valence-electron chi connectivity index (χ3n) is 4.88. The molecule has 0 spiro atoms. The van der Waals surface area contributed by atoms with E-state index < -0.39 is 11.9 Å². The Kier molecular flexibility index (Phi) is 13.8. The lowest BCUT2D eigenvalue weighted by atomic mass is 9.90. The highest BCUT2D eigenvalue weighted by atomic mass is 35.5. The molecule has 10 nitrogen and oxygen atoms in total. The van der Waals surface area contributed by atoms with Crippen LogP contribution in [0.1, 0.15) is 59.5 Å². The molecule has 0 saturated carbocycles. The van der Waals surface area contributed by atoms with Crippen molar-refractivity contribution in [3.05, 3.63) is 58.7 Å². The van der Waals surface area contributed by atoms with Crippen LogP contribution < -0.4 is 16.0 Å². The Morgan fingerprint density at radius 3 is 2.50 bits per heavy atom. The monoisotopic (exact) mass is 537 g/mol. The highest BCUT2D eigenvalue weighted by molar-refractivity contribution is 7.17. The Labute approximate surface area is 220 Å². The number of hydrogen-bond acceptors (Lipinski definition) is 6. The number of aromatic nitrogens is 1. The number of aryl methyl sites for hydroxylation is 1. The van der Waals surface area contributed by atoms with E-state index in [1.807, 2.05) is 42.6 Å². The number of aliphatic imine (C=N–C) groups is 1. The van der Waals surface area contributed by atoms with Gasteiger partial charge in [0.25, 0.3) is 11.9 Å². The largest absolute Gasteiger partial charge is 0.481 e. The molecule has 12 heteroatoms. The number of carboxylic acids is 2. The smallest absolute Gasteiger partial charge is 0.303 e. The van der Waals surface area contributed by atoms with Gasteiger partial charge in [-0.05, 0) is 37.3 Å². The third kappa shape index (κ3) is 11.3. The Balaban J connectivity index is 0.00000120. The maximum atomic E-state index is 12.5. The van der Waals surface area contributed by atoms with E-state index in [1.165, 1.54) is 11.3 Å². The SMILES string of the molecule is CC(=O)O.Cc1nc(N=C2NC=CCN2)sc1C(=O)NCCCCC(CC(=O)O)c1ccccc1.Cl. The lowest BCUT2D eigenvalue weighted by Gasteiger charge is -2.15. The van der Waals surface area contributed by atoms with E-state index in [4.69, 9.17) is 9.90 Å². The number of hydrogen-bond donors (Lipinski definition) is 5. The van der Waals surface area contributed by atoms with Gasteiger partial charge in [0.1, 0.15) is 4.88 Å². The van der Waals surface area contributed by atoms with Crippen LogP contribution in [0.2, 0.25) is 0 Å². The Morgan fingerprint density at radius 2 is 1.89 bits per heavy atom. The van der Waals surface area contributed by atoms with Crippen LogP contribution >= 0.6 is 23.7 Å². The summed E-state index contributed by atoms with van der Waals surface area (Å²) in [5.74, 6) is -1.19. The molecule has 1 aromatic heterocycles. The molecule has 36 heavy (non-hydrogen) atoms. The first-order valence-electron chi connectivity index (χ1n) is 11.2. The highest BCUT2D eigenvalue weighted by Gasteiger charge is 2.17. The van der Waals surface area contributed by atoms with Gasteiger partial charge in [-0.25, -0.2) is 4.98 Å². The number of unbranched alkanes of at least 4 members (excludes halogenated alkanes) is 1. The average molecular weight is 538 g/mol. The number of amides is 1. The fourth-order valence-electron chi connectivity index (χ4n) is 3.33. The second kappa shape index (κ2) is 16.3. The number of benzene rings is 1. The maximum absolute atomic E-state index is 12.5. The zero-order valence-electron chi connectivity index (χ0n) is 20.2. The van der Waals surface area contributed by atoms with Gasteiger partial charge in [0.2, 0.25) is 11.1 Å². The van der Waals surface area contributed by atoms with Gasteiger partial charge in [0.15, 0.2) is 0 Å². The van der Waals surface area contributed by atoms with Crippen molar-refractivity contribution in [3.8, 4) is 0 Å². The molecule has 1 aliphatic heterocycles. The van der Waals surface area contributed by atoms with Crippen LogP contribution in [0.5, 0.6) is 0 Å². The van der Waals surface area contributed by atoms with Gasteiger partial charge < -0.3 is 26.2 Å². The summed E-state index contributed by atoms with van der Waals surface area (Å²) in [6, 6.07) is 9.72. The quantitative estimate of drug-likeness (QED) is 0.287. The van der Waals surface area contributed by atoms with Gasteiger partial charge in [-0.15, -0.1) is 12.4 Å². The summed E-state index contributed by atoms with van der Waals surface area (Å²) in [4.78, 5) is 42.0. The second-order valence-corrected chi connectivity index (χ2v) is 8.75. The molecule has 1 amide bonds. The number of rotatable bonds is 10. The fourth-order valence-corrected chi connectivity index (χ4v) is 4.19. The molecular weight excluding hydrogens is 506 g/mol. The van der Waals surface area contributed by atoms with Crippen LogP contribution in [0.3, 0.4) is 0 Å². The van der Waals surface area contributed by atoms with E-state index >= 15 is 0 Å². The van der Waals surface area contributed by atoms with Crippen molar-refractivity contribution >= 4 is 52.7 Å². The lowest BCUT2D eigenvalue weighted by Crippen LogP contribution is -2.37. The minimum atomic E-state index is -0.833. The number of thiazole rings is 1. The van der Waals surface area contributed by atoms with Crippen molar-refractivity contribution in [1.29, 1.82) is 0 Å². The molecule has 3 rings (SSSR count). The van der Waals surface area contributed by atoms with Gasteiger partial charge in [0.05, 0.1) is 12.1 Å². The van der Waals surface area contributed by atoms with E-state index in [1.54, 1.807) is 6.92 Å². The number of carboxylic acid groups (broad SMARTS) is 2. The summed E-state index contributed by atoms with van der Waals surface area (Å²) in [6.45, 7) is 4.11. The van der Waals surface area contributed by atoms with Crippen LogP contribution in [-0.4, -0.2) is 52.1 Å². The minimum Gasteiger partial charge on any atom is -0.481 e. The molecule has 1 aromatic carbocycles. The zero-order valence-corrected chi connectivity index (χ0v) is 21.8. The third-order valence-corrected chi connectivity index (χ3v) is 5.93. The van der Waals surface area contributed by atoms with E-state index in [0.717, 1.165) is 31.7 Å². The lowest BCUT2D eigenvalue weighted by molar-refractivity contribution is -0.137. The standard InChI is InChI=1S/C22H27N5O3S.C2H4O2.ClH/c1-15-19(31-22(26-15)27-21-24-12-7-13-25-21)20(30)23-11-6-5-10-17(14-18(28)29)16-8-3-2-4-9-16;1-2(3)4;/h2-4,7-9,12,17H,5-6,10-11,13-14H2,1H3,(H,23,30)(H,28,29)(H2,24,25,26,27);1H3,(H,3,4);1H. The predicted octanol–water partition coefficient (Wildman–Crippen LogP) is 3.82. The summed E-state index contributed by atoms with van der Waals surface area (Å²) < 4.78 is 0. The van der Waals surface area contributed by atoms with E-state index in [-0.39, 0.29) is 30.7 Å². The minimum absolute atomic E-state index is 0. The number of guanidine groups is 1. The van der Waals surface area contributed by atoms with Crippen molar-refractivity contribution < 1.29 is 24.6 Å². The number of nitrogens with one attached hydrogen (secondary N) is 3. The molecule has 0 radical (unpaired) electrons. The van der Waals surface area contributed by atoms with E-state index in [9.17, 15) is 14.7 Å². The van der Waals surface area contributed by atoms with Crippen LogP contribution in [0.25, 0.3) is 0 Å². The number of carbonyl (C=O) groups is 3. The Hall–Kier alpha value is -3.44. The van der Waals surface area contributed by atoms with Crippen LogP contribution in [0.4, 0.5) is 5.13 Å². The number of nitrogens with zero attached hydrogens (tertiary/aromatic N) is 2. The molecular formula is C24H32ClN5O5S. The summed E-state index contributed by atoms with van der Waals surface area (Å²) >= 11 is 1.25. The molecule has 1 aliphatic rings. The van der Waals surface area contributed by atoms with Crippen LogP contribution in [-0.2, 0) is 9.59 Å². The van der Waals surface area contributed by atoms with Gasteiger partial charge in [-0.1, -0.05) is 48.1 Å². The summed E-state index contributed by atoms with van der Waals surface area (Å²) in [5, 5.41) is 26.2. The summed E-state index contributed by atoms with van der Waals surface area (Å²) in [6.07, 6.45) is 6.24. The second-order valence-electron chi connectivity index (χ2n) is 7.78. The number of carbonyl (C=O) groups excluding carboxylic acids is 1. The molecule has 2 heterocycles. The number of halogens is 1. The van der Waals surface area contributed by atoms with Crippen LogP contribution in [0, 0.1) is 6.92 Å². The van der Waals surface area contributed by atoms with Crippen molar-refractivity contribution in [2.75, 3.05) is 13.1 Å². The van der Waals surface area contributed by atoms with Gasteiger partial charge in [0, 0.05) is 26.2 Å². The van der Waals surface area contributed by atoms with Gasteiger partial charge >= 0.3 is 5.97 Å². The molecule has 2 aromatic rings. The van der Waals surface area contributed by atoms with Crippen molar-refractivity contribution in [1.82, 2.24) is 20.9 Å². The molecule has 0 saturated heterocycles. The first-order valence-corrected chi connectivity index (χ1v) is 12.0. The fraction of sp³-hybridized carbons (Fsp3) is 0.375. The zero-order chi connectivity index (χ0) is 25.6. The maximum Gasteiger partial charge on any atom is 0.303 e. The molecule has 0 fully saturated rings. The highest BCUT2D eigenvalue weighted by Crippen LogP contribution is 2.26. The Bertz CT molecular complexity index is 1050. The first kappa shape index (κ1) is 30.6. The average Bonchev–Trinajstić information content (AvgIpc) is 3.18. The summed E-state index contributed by atoms with van der Waals surface area (Å²) in [5.41, 5.74) is 1.69. The Morgan fingerprint density at radius 1 is 1.19 bits per heavy atom. The molecule has 0 aliphatic carbocycles. The molecule has 1 atom stereocenters. The van der Waals surface area contributed by atoms with Gasteiger partial charge in [-0.2, -0.15) is 4.99 Å². The van der Waals surface area contributed by atoms with Crippen LogP contribution in [0.15, 0.2) is 47.6 Å². The molecule has 0 bridgehead atoms. The van der Waals surface area contributed by atoms with Crippen molar-refractivity contribution in [2.24, 2.45) is 4.99 Å². The summed E-state index contributed by atoms with van der Waals surface area (Å²) in [7, 11) is 0. The normalized spacial score (nSPS) is 13.8. The van der Waals surface area contributed by atoms with Crippen molar-refractivity contribution in [3.63, 3.8) is 0 Å². The topological polar surface area (TPSA) is 153 Å². The molecule has 196 valence electrons. The van der Waals surface area contributed by atoms with Crippen molar-refractivity contribution in [2.45, 2.75) is 45.4 Å². The first-order chi connectivity index (χ1) is 16.8. The van der Waals surface area contributed by atoms with E-state index in [0.29, 0.717) is 34.8 Å². The molecule has 5 N–H and O–H groups in total. The predicted molar refractivity (Wildman–Crippen MR) is 142 cm³/mol. The molecule has 1 unspecified atom stereocenters. The van der Waals surface area contributed by atoms with Gasteiger partial charge in [-0.3, -0.25) is 14.4 Å².